The molecule has 1 aliphatic rings. The molecule has 0 spiro atoms. The summed E-state index contributed by atoms with van der Waals surface area (Å²) in [5, 5.41) is 0. The van der Waals surface area contributed by atoms with Crippen LogP contribution in [0, 0.1) is 11.8 Å². The number of hydrogen-bond donors (Lipinski definition) is 0. The third kappa shape index (κ3) is 4.90. The summed E-state index contributed by atoms with van der Waals surface area (Å²) < 4.78 is 5.39. The number of benzene rings is 2. The van der Waals surface area contributed by atoms with Gasteiger partial charge in [-0.1, -0.05) is 30.0 Å². The van der Waals surface area contributed by atoms with E-state index >= 15 is 0 Å². The van der Waals surface area contributed by atoms with Gasteiger partial charge in [-0.05, 0) is 62.2 Å². The first-order chi connectivity index (χ1) is 14.9. The van der Waals surface area contributed by atoms with Gasteiger partial charge in [0.05, 0.1) is 24.8 Å². The maximum atomic E-state index is 13.1. The Morgan fingerprint density at radius 1 is 1.03 bits per heavy atom. The number of ketones is 1. The second-order valence-electron chi connectivity index (χ2n) is 8.24. The Kier molecular flexibility index (Phi) is 5.68. The topological polar surface area (TPSA) is 51.5 Å². The van der Waals surface area contributed by atoms with Crippen molar-refractivity contribution in [3.63, 3.8) is 0 Å². The van der Waals surface area contributed by atoms with Crippen LogP contribution in [-0.4, -0.2) is 29.1 Å². The van der Waals surface area contributed by atoms with Gasteiger partial charge in [0.15, 0.2) is 5.78 Å². The SMILES string of the molecule is COc1ccc2c(c1)C(CC(=O)c1cccc(C#Cc3ccncc3)c1)=NC(C)(C)C2. The van der Waals surface area contributed by atoms with Crippen LogP contribution in [0.4, 0.5) is 0 Å². The van der Waals surface area contributed by atoms with E-state index in [1.165, 1.54) is 5.56 Å². The molecule has 0 amide bonds. The molecular weight excluding hydrogens is 384 g/mol. The zero-order valence-corrected chi connectivity index (χ0v) is 18.0. The van der Waals surface area contributed by atoms with Gasteiger partial charge in [0.25, 0.3) is 0 Å². The van der Waals surface area contributed by atoms with E-state index in [1.54, 1.807) is 19.5 Å². The molecule has 0 atom stereocenters. The van der Waals surface area contributed by atoms with Gasteiger partial charge in [-0.2, -0.15) is 0 Å². The second-order valence-corrected chi connectivity index (χ2v) is 8.24. The van der Waals surface area contributed by atoms with E-state index < -0.39 is 0 Å². The average Bonchev–Trinajstić information content (AvgIpc) is 2.77. The molecule has 154 valence electrons. The molecule has 4 heteroatoms. The largest absolute Gasteiger partial charge is 0.497 e. The van der Waals surface area contributed by atoms with Crippen LogP contribution in [-0.2, 0) is 6.42 Å². The Morgan fingerprint density at radius 3 is 2.58 bits per heavy atom. The number of hydrogen-bond acceptors (Lipinski definition) is 4. The number of carbonyl (C=O) groups excluding carboxylic acids is 1. The van der Waals surface area contributed by atoms with Gasteiger partial charge in [-0.25, -0.2) is 0 Å². The molecule has 2 aromatic carbocycles. The highest BCUT2D eigenvalue weighted by molar-refractivity contribution is 6.17. The van der Waals surface area contributed by atoms with Crippen LogP contribution in [0.3, 0.4) is 0 Å². The first kappa shape index (κ1) is 20.6. The maximum Gasteiger partial charge on any atom is 0.168 e. The van der Waals surface area contributed by atoms with E-state index in [2.05, 4.69) is 36.7 Å². The van der Waals surface area contributed by atoms with E-state index in [0.717, 1.165) is 34.6 Å². The predicted molar refractivity (Wildman–Crippen MR) is 123 cm³/mol. The van der Waals surface area contributed by atoms with Crippen LogP contribution >= 0.6 is 0 Å². The Balaban J connectivity index is 1.60. The zero-order valence-electron chi connectivity index (χ0n) is 18.0. The number of methoxy groups -OCH3 is 1. The van der Waals surface area contributed by atoms with Crippen LogP contribution in [0.1, 0.15) is 52.9 Å². The summed E-state index contributed by atoms with van der Waals surface area (Å²) in [7, 11) is 1.65. The molecule has 0 N–H and O–H groups in total. The average molecular weight is 409 g/mol. The highest BCUT2D eigenvalue weighted by Crippen LogP contribution is 2.31. The molecule has 0 saturated carbocycles. The van der Waals surface area contributed by atoms with E-state index in [9.17, 15) is 4.79 Å². The first-order valence-electron chi connectivity index (χ1n) is 10.2. The molecule has 3 aromatic rings. The van der Waals surface area contributed by atoms with Crippen LogP contribution in [0.5, 0.6) is 5.75 Å². The fraction of sp³-hybridized carbons (Fsp3) is 0.222. The molecule has 0 fully saturated rings. The van der Waals surface area contributed by atoms with Gasteiger partial charge < -0.3 is 4.74 Å². The van der Waals surface area contributed by atoms with Crippen molar-refractivity contribution in [2.45, 2.75) is 32.2 Å². The molecule has 4 nitrogen and oxygen atoms in total. The van der Waals surface area contributed by atoms with Crippen LogP contribution in [0.25, 0.3) is 0 Å². The predicted octanol–water partition coefficient (Wildman–Crippen LogP) is 4.89. The number of aromatic nitrogens is 1. The lowest BCUT2D eigenvalue weighted by molar-refractivity contribution is 0.100. The minimum absolute atomic E-state index is 0.0257. The number of Topliss-reactive ketones (excluding diaryl/α,β-unsaturated/α-hetero) is 1. The van der Waals surface area contributed by atoms with Gasteiger partial charge in [-0.15, -0.1) is 0 Å². The summed E-state index contributed by atoms with van der Waals surface area (Å²) in [6.45, 7) is 4.19. The fourth-order valence-electron chi connectivity index (χ4n) is 3.78. The van der Waals surface area contributed by atoms with Crippen molar-refractivity contribution in [2.24, 2.45) is 4.99 Å². The van der Waals surface area contributed by atoms with Gasteiger partial charge in [-0.3, -0.25) is 14.8 Å². The fourth-order valence-corrected chi connectivity index (χ4v) is 3.78. The van der Waals surface area contributed by atoms with Crippen molar-refractivity contribution in [3.8, 4) is 17.6 Å². The third-order valence-electron chi connectivity index (χ3n) is 5.23. The Labute approximate surface area is 183 Å². The molecule has 31 heavy (non-hydrogen) atoms. The van der Waals surface area contributed by atoms with Crippen LogP contribution in [0.2, 0.25) is 0 Å². The van der Waals surface area contributed by atoms with Crippen molar-refractivity contribution in [3.05, 3.63) is 94.8 Å². The lowest BCUT2D eigenvalue weighted by atomic mass is 9.85. The number of pyridine rings is 1. The number of rotatable bonds is 4. The summed E-state index contributed by atoms with van der Waals surface area (Å²) >= 11 is 0. The molecule has 0 bridgehead atoms. The number of carbonyl (C=O) groups is 1. The molecule has 2 heterocycles. The zero-order chi connectivity index (χ0) is 21.8. The highest BCUT2D eigenvalue weighted by atomic mass is 16.5. The molecule has 1 aliphatic heterocycles. The summed E-state index contributed by atoms with van der Waals surface area (Å²) in [5.74, 6) is 7.03. The van der Waals surface area contributed by atoms with Gasteiger partial charge >= 0.3 is 0 Å². The molecule has 0 aliphatic carbocycles. The van der Waals surface area contributed by atoms with Crippen molar-refractivity contribution in [1.29, 1.82) is 0 Å². The van der Waals surface area contributed by atoms with E-state index in [4.69, 9.17) is 9.73 Å². The van der Waals surface area contributed by atoms with E-state index in [-0.39, 0.29) is 17.7 Å². The monoisotopic (exact) mass is 408 g/mol. The van der Waals surface area contributed by atoms with Crippen LogP contribution < -0.4 is 4.74 Å². The van der Waals surface area contributed by atoms with E-state index in [0.29, 0.717) is 5.56 Å². The standard InChI is InChI=1S/C27H24N2O2/c1-27(2)18-22-9-10-23(31-3)16-24(22)25(29-27)17-26(30)21-6-4-5-20(15-21)8-7-19-11-13-28-14-12-19/h4-6,9-16H,17-18H2,1-3H3. The number of ether oxygens (including phenoxy) is 1. The van der Waals surface area contributed by atoms with Crippen molar-refractivity contribution >= 4 is 11.5 Å². The molecule has 0 radical (unpaired) electrons. The summed E-state index contributed by atoms with van der Waals surface area (Å²) in [5.41, 5.74) is 5.09. The minimum Gasteiger partial charge on any atom is -0.497 e. The van der Waals surface area contributed by atoms with Crippen LogP contribution in [0.15, 0.2) is 72.0 Å². The van der Waals surface area contributed by atoms with Gasteiger partial charge in [0, 0.05) is 34.6 Å². The van der Waals surface area contributed by atoms with Gasteiger partial charge in [0.1, 0.15) is 5.75 Å². The smallest absolute Gasteiger partial charge is 0.168 e. The lowest BCUT2D eigenvalue weighted by Crippen LogP contribution is -2.30. The molecule has 4 rings (SSSR count). The first-order valence-corrected chi connectivity index (χ1v) is 10.2. The molecule has 1 aromatic heterocycles. The maximum absolute atomic E-state index is 13.1. The van der Waals surface area contributed by atoms with Gasteiger partial charge in [0.2, 0.25) is 0 Å². The van der Waals surface area contributed by atoms with E-state index in [1.807, 2.05) is 48.5 Å². The Bertz CT molecular complexity index is 1210. The summed E-state index contributed by atoms with van der Waals surface area (Å²) in [4.78, 5) is 22.0. The Morgan fingerprint density at radius 2 is 1.81 bits per heavy atom. The third-order valence-corrected chi connectivity index (χ3v) is 5.23. The highest BCUT2D eigenvalue weighted by Gasteiger charge is 2.28. The van der Waals surface area contributed by atoms with Crippen molar-refractivity contribution in [1.82, 2.24) is 4.98 Å². The number of fused-ring (bicyclic) bond motifs is 1. The molecular formula is C27H24N2O2. The Hall–Kier alpha value is -3.71. The number of nitrogens with zero attached hydrogens (tertiary/aromatic N) is 2. The molecule has 0 saturated heterocycles. The molecule has 0 unspecified atom stereocenters. The quantitative estimate of drug-likeness (QED) is 0.456. The van der Waals surface area contributed by atoms with Crippen molar-refractivity contribution in [2.75, 3.05) is 7.11 Å². The second kappa shape index (κ2) is 8.57. The minimum atomic E-state index is -0.241. The van der Waals surface area contributed by atoms with Crippen molar-refractivity contribution < 1.29 is 9.53 Å². The lowest BCUT2D eigenvalue weighted by Gasteiger charge is -2.29. The summed E-state index contributed by atoms with van der Waals surface area (Å²) in [6.07, 6.45) is 4.50. The summed E-state index contributed by atoms with van der Waals surface area (Å²) in [6, 6.07) is 17.2. The normalized spacial score (nSPS) is 14.0. The number of aliphatic imine (C=N–C) groups is 1.